The fourth-order valence-corrected chi connectivity index (χ4v) is 4.40. The van der Waals surface area contributed by atoms with Crippen molar-refractivity contribution < 1.29 is 4.79 Å². The van der Waals surface area contributed by atoms with E-state index < -0.39 is 0 Å². The minimum absolute atomic E-state index is 0.00434. The summed E-state index contributed by atoms with van der Waals surface area (Å²) in [5.41, 5.74) is 6.79. The fourth-order valence-electron chi connectivity index (χ4n) is 2.08. The Morgan fingerprint density at radius 1 is 1.48 bits per heavy atom. The van der Waals surface area contributed by atoms with Gasteiger partial charge < -0.3 is 11.1 Å². The van der Waals surface area contributed by atoms with Gasteiger partial charge in [0.1, 0.15) is 5.01 Å². The Morgan fingerprint density at radius 3 is 2.95 bits per heavy atom. The summed E-state index contributed by atoms with van der Waals surface area (Å²) < 4.78 is 1.06. The minimum Gasteiger partial charge on any atom is -0.354 e. The van der Waals surface area contributed by atoms with E-state index in [1.165, 1.54) is 12.8 Å². The molecule has 21 heavy (non-hydrogen) atoms. The minimum atomic E-state index is -0.00434. The van der Waals surface area contributed by atoms with Crippen molar-refractivity contribution >= 4 is 44.5 Å². The summed E-state index contributed by atoms with van der Waals surface area (Å²) in [7, 11) is 0. The fraction of sp³-hybridized carbons (Fsp3) is 0.429. The lowest BCUT2D eigenvalue weighted by Crippen LogP contribution is -2.39. The molecule has 2 aromatic rings. The van der Waals surface area contributed by atoms with Crippen molar-refractivity contribution in [3.05, 3.63) is 27.0 Å². The van der Waals surface area contributed by atoms with Crippen LogP contribution in [0.1, 0.15) is 18.5 Å². The van der Waals surface area contributed by atoms with Crippen molar-refractivity contribution in [1.29, 1.82) is 0 Å². The Kier molecular flexibility index (Phi) is 4.73. The second-order valence-electron chi connectivity index (χ2n) is 5.26. The van der Waals surface area contributed by atoms with E-state index in [0.717, 1.165) is 20.1 Å². The zero-order chi connectivity index (χ0) is 14.8. The molecular weight excluding hydrogens is 370 g/mol. The highest BCUT2D eigenvalue weighted by Crippen LogP contribution is 2.32. The topological polar surface area (TPSA) is 68.0 Å². The first-order chi connectivity index (χ1) is 10.1. The van der Waals surface area contributed by atoms with Crippen LogP contribution in [0.4, 0.5) is 0 Å². The smallest absolute Gasteiger partial charge is 0.226 e. The second kappa shape index (κ2) is 6.56. The molecule has 1 saturated carbocycles. The number of aromatic nitrogens is 1. The molecule has 3 N–H and O–H groups in total. The SMILES string of the molecule is NC(CNC(=O)Cc1csc(-c2cc(Br)cs2)n1)C1CC1. The molecule has 1 unspecified atom stereocenters. The van der Waals surface area contributed by atoms with Crippen LogP contribution in [0, 0.1) is 5.92 Å². The maximum atomic E-state index is 11.9. The Labute approximate surface area is 139 Å². The van der Waals surface area contributed by atoms with Crippen LogP contribution in [0.2, 0.25) is 0 Å². The van der Waals surface area contributed by atoms with Crippen molar-refractivity contribution in [1.82, 2.24) is 10.3 Å². The summed E-state index contributed by atoms with van der Waals surface area (Å²) in [4.78, 5) is 17.5. The van der Waals surface area contributed by atoms with E-state index >= 15 is 0 Å². The standard InChI is InChI=1S/C14H16BrN3OS2/c15-9-3-12(20-6-9)14-18-10(7-21-14)4-13(19)17-5-11(16)8-1-2-8/h3,6-8,11H,1-2,4-5,16H2,(H,17,19). The zero-order valence-corrected chi connectivity index (χ0v) is 14.6. The van der Waals surface area contributed by atoms with Crippen molar-refractivity contribution in [3.8, 4) is 9.88 Å². The first kappa shape index (κ1) is 15.1. The predicted octanol–water partition coefficient (Wildman–Crippen LogP) is 3.03. The third-order valence-electron chi connectivity index (χ3n) is 3.43. The van der Waals surface area contributed by atoms with Gasteiger partial charge in [-0.25, -0.2) is 4.98 Å². The van der Waals surface area contributed by atoms with Gasteiger partial charge in [-0.3, -0.25) is 4.79 Å². The maximum Gasteiger partial charge on any atom is 0.226 e. The molecule has 2 heterocycles. The Balaban J connectivity index is 1.52. The van der Waals surface area contributed by atoms with Gasteiger partial charge in [-0.2, -0.15) is 0 Å². The third-order valence-corrected chi connectivity index (χ3v) is 6.19. The summed E-state index contributed by atoms with van der Waals surface area (Å²) in [6.07, 6.45) is 2.71. The average molecular weight is 386 g/mol. The highest BCUT2D eigenvalue weighted by molar-refractivity contribution is 9.10. The van der Waals surface area contributed by atoms with Crippen LogP contribution in [-0.2, 0) is 11.2 Å². The second-order valence-corrected chi connectivity index (χ2v) is 7.94. The Bertz CT molecular complexity index is 636. The van der Waals surface area contributed by atoms with Crippen LogP contribution in [-0.4, -0.2) is 23.5 Å². The van der Waals surface area contributed by atoms with Crippen molar-refractivity contribution in [2.75, 3.05) is 6.54 Å². The van der Waals surface area contributed by atoms with Gasteiger partial charge in [-0.15, -0.1) is 22.7 Å². The molecule has 3 rings (SSSR count). The molecule has 1 aliphatic rings. The molecule has 112 valence electrons. The Morgan fingerprint density at radius 2 is 2.29 bits per heavy atom. The number of thiophene rings is 1. The van der Waals surface area contributed by atoms with E-state index in [4.69, 9.17) is 5.73 Å². The molecule has 1 fully saturated rings. The van der Waals surface area contributed by atoms with Crippen LogP contribution in [0.25, 0.3) is 9.88 Å². The van der Waals surface area contributed by atoms with E-state index in [9.17, 15) is 4.79 Å². The van der Waals surface area contributed by atoms with Gasteiger partial charge in [0.15, 0.2) is 0 Å². The molecule has 0 bridgehead atoms. The number of carbonyl (C=O) groups is 1. The number of hydrogen-bond acceptors (Lipinski definition) is 5. The number of thiazole rings is 1. The highest BCUT2D eigenvalue weighted by atomic mass is 79.9. The third kappa shape index (κ3) is 4.12. The molecule has 0 aliphatic heterocycles. The van der Waals surface area contributed by atoms with Gasteiger partial charge >= 0.3 is 0 Å². The maximum absolute atomic E-state index is 11.9. The molecule has 0 radical (unpaired) electrons. The molecule has 7 heteroatoms. The van der Waals surface area contributed by atoms with Crippen LogP contribution >= 0.6 is 38.6 Å². The van der Waals surface area contributed by atoms with Gasteiger partial charge in [0.2, 0.25) is 5.91 Å². The molecule has 1 atom stereocenters. The molecule has 4 nitrogen and oxygen atoms in total. The van der Waals surface area contributed by atoms with E-state index in [1.807, 2.05) is 16.8 Å². The Hall–Kier alpha value is -0.760. The van der Waals surface area contributed by atoms with E-state index in [-0.39, 0.29) is 11.9 Å². The largest absolute Gasteiger partial charge is 0.354 e. The number of halogens is 1. The van der Waals surface area contributed by atoms with Crippen molar-refractivity contribution in [3.63, 3.8) is 0 Å². The summed E-state index contributed by atoms with van der Waals surface area (Å²) in [6.45, 7) is 0.568. The number of nitrogens with one attached hydrogen (secondary N) is 1. The lowest BCUT2D eigenvalue weighted by Gasteiger charge is -2.10. The summed E-state index contributed by atoms with van der Waals surface area (Å²) in [5.74, 6) is 0.601. The zero-order valence-electron chi connectivity index (χ0n) is 11.3. The number of nitrogens with two attached hydrogens (primary N) is 1. The normalized spacial score (nSPS) is 15.9. The van der Waals surface area contributed by atoms with Crippen LogP contribution in [0.3, 0.4) is 0 Å². The molecule has 2 aromatic heterocycles. The van der Waals surface area contributed by atoms with Gasteiger partial charge in [0, 0.05) is 27.8 Å². The molecule has 0 saturated heterocycles. The van der Waals surface area contributed by atoms with E-state index in [0.29, 0.717) is 18.9 Å². The molecule has 0 aromatic carbocycles. The quantitative estimate of drug-likeness (QED) is 0.802. The van der Waals surface area contributed by atoms with E-state index in [2.05, 4.69) is 26.2 Å². The van der Waals surface area contributed by atoms with Crippen molar-refractivity contribution in [2.24, 2.45) is 11.7 Å². The van der Waals surface area contributed by atoms with Crippen LogP contribution < -0.4 is 11.1 Å². The lowest BCUT2D eigenvalue weighted by atomic mass is 10.2. The predicted molar refractivity (Wildman–Crippen MR) is 90.5 cm³/mol. The lowest BCUT2D eigenvalue weighted by molar-refractivity contribution is -0.120. The first-order valence-corrected chi connectivity index (χ1v) is 9.38. The number of nitrogens with zero attached hydrogens (tertiary/aromatic N) is 1. The van der Waals surface area contributed by atoms with Crippen LogP contribution in [0.15, 0.2) is 21.3 Å². The molecule has 1 aliphatic carbocycles. The average Bonchev–Trinajstić information content (AvgIpc) is 3.07. The number of amides is 1. The number of carbonyl (C=O) groups excluding carboxylic acids is 1. The van der Waals surface area contributed by atoms with Crippen LogP contribution in [0.5, 0.6) is 0 Å². The summed E-state index contributed by atoms with van der Waals surface area (Å²) >= 11 is 6.65. The molecule has 0 spiro atoms. The van der Waals surface area contributed by atoms with Gasteiger partial charge in [0.05, 0.1) is 17.0 Å². The number of hydrogen-bond donors (Lipinski definition) is 2. The summed E-state index contributed by atoms with van der Waals surface area (Å²) in [5, 5.41) is 7.84. The highest BCUT2D eigenvalue weighted by Gasteiger charge is 2.28. The van der Waals surface area contributed by atoms with Gasteiger partial charge in [-0.1, -0.05) is 0 Å². The molecular formula is C14H16BrN3OS2. The summed E-state index contributed by atoms with van der Waals surface area (Å²) in [6, 6.07) is 2.14. The van der Waals surface area contributed by atoms with Crippen molar-refractivity contribution in [2.45, 2.75) is 25.3 Å². The van der Waals surface area contributed by atoms with Gasteiger partial charge in [-0.05, 0) is 40.8 Å². The van der Waals surface area contributed by atoms with E-state index in [1.54, 1.807) is 22.7 Å². The van der Waals surface area contributed by atoms with Gasteiger partial charge in [0.25, 0.3) is 0 Å². The monoisotopic (exact) mass is 385 g/mol. The number of rotatable bonds is 6. The first-order valence-electron chi connectivity index (χ1n) is 6.83. The molecule has 1 amide bonds.